The van der Waals surface area contributed by atoms with Crippen LogP contribution in [0.4, 0.5) is 11.5 Å². The Hall–Kier alpha value is -2.18. The van der Waals surface area contributed by atoms with Crippen LogP contribution in [0.3, 0.4) is 0 Å². The third-order valence-electron chi connectivity index (χ3n) is 3.10. The Labute approximate surface area is 103 Å². The Morgan fingerprint density at radius 2 is 2.33 bits per heavy atom. The van der Waals surface area contributed by atoms with Gasteiger partial charge in [0.15, 0.2) is 0 Å². The fourth-order valence-corrected chi connectivity index (χ4v) is 1.53. The van der Waals surface area contributed by atoms with E-state index < -0.39 is 10.9 Å². The van der Waals surface area contributed by atoms with Crippen LogP contribution in [0.15, 0.2) is 12.3 Å². The van der Waals surface area contributed by atoms with E-state index in [9.17, 15) is 14.9 Å². The topological polar surface area (TPSA) is 105 Å². The predicted molar refractivity (Wildman–Crippen MR) is 63.7 cm³/mol. The molecule has 2 N–H and O–H groups in total. The lowest BCUT2D eigenvalue weighted by Crippen LogP contribution is -2.14. The molecule has 0 radical (unpaired) electrons. The van der Waals surface area contributed by atoms with E-state index in [1.54, 1.807) is 0 Å². The average molecular weight is 251 g/mol. The highest BCUT2D eigenvalue weighted by molar-refractivity contribution is 5.88. The summed E-state index contributed by atoms with van der Waals surface area (Å²) in [5.41, 5.74) is -0.315. The van der Waals surface area contributed by atoms with E-state index in [1.807, 2.05) is 0 Å². The van der Waals surface area contributed by atoms with Gasteiger partial charge in [0.05, 0.1) is 10.5 Å². The fraction of sp³-hybridized carbons (Fsp3) is 0.455. The Bertz CT molecular complexity index is 511. The lowest BCUT2D eigenvalue weighted by Gasteiger charge is -2.10. The van der Waals surface area contributed by atoms with Crippen molar-refractivity contribution in [3.63, 3.8) is 0 Å². The van der Waals surface area contributed by atoms with Crippen molar-refractivity contribution in [2.75, 3.05) is 11.9 Å². The molecule has 0 amide bonds. The van der Waals surface area contributed by atoms with Gasteiger partial charge in [-0.1, -0.05) is 6.92 Å². The highest BCUT2D eigenvalue weighted by atomic mass is 16.6. The summed E-state index contributed by atoms with van der Waals surface area (Å²) >= 11 is 0. The molecule has 7 heteroatoms. The van der Waals surface area contributed by atoms with Crippen molar-refractivity contribution in [3.8, 4) is 0 Å². The summed E-state index contributed by atoms with van der Waals surface area (Å²) in [7, 11) is 0. The quantitative estimate of drug-likeness (QED) is 0.611. The van der Waals surface area contributed by atoms with E-state index >= 15 is 0 Å². The zero-order valence-electron chi connectivity index (χ0n) is 9.84. The number of carboxylic acid groups (broad SMARTS) is 1. The summed E-state index contributed by atoms with van der Waals surface area (Å²) in [5, 5.41) is 22.6. The monoisotopic (exact) mass is 251 g/mol. The van der Waals surface area contributed by atoms with Gasteiger partial charge in [-0.25, -0.2) is 9.78 Å². The Balaban J connectivity index is 2.22. The Kier molecular flexibility index (Phi) is 2.90. The molecule has 0 aliphatic heterocycles. The minimum Gasteiger partial charge on any atom is -0.478 e. The first-order valence-electron chi connectivity index (χ1n) is 5.53. The molecule has 0 bridgehead atoms. The lowest BCUT2D eigenvalue weighted by atomic mass is 10.1. The highest BCUT2D eigenvalue weighted by Crippen LogP contribution is 2.45. The van der Waals surface area contributed by atoms with Gasteiger partial charge in [-0.05, 0) is 18.3 Å². The van der Waals surface area contributed by atoms with Gasteiger partial charge in [-0.2, -0.15) is 0 Å². The van der Waals surface area contributed by atoms with Crippen molar-refractivity contribution in [2.24, 2.45) is 5.41 Å². The van der Waals surface area contributed by atoms with Crippen molar-refractivity contribution >= 4 is 17.5 Å². The van der Waals surface area contributed by atoms with Crippen LogP contribution in [0.25, 0.3) is 0 Å². The van der Waals surface area contributed by atoms with Crippen molar-refractivity contribution in [1.29, 1.82) is 0 Å². The van der Waals surface area contributed by atoms with Gasteiger partial charge in [0, 0.05) is 18.8 Å². The van der Waals surface area contributed by atoms with Crippen molar-refractivity contribution in [2.45, 2.75) is 19.8 Å². The number of nitro groups is 1. The number of aromatic nitrogens is 1. The summed E-state index contributed by atoms with van der Waals surface area (Å²) in [5.74, 6) is -1.11. The summed E-state index contributed by atoms with van der Waals surface area (Å²) in [6.07, 6.45) is 3.29. The van der Waals surface area contributed by atoms with Crippen molar-refractivity contribution in [3.05, 3.63) is 27.9 Å². The zero-order valence-corrected chi connectivity index (χ0v) is 9.84. The maximum absolute atomic E-state index is 10.9. The molecular formula is C11H13N3O4. The summed E-state index contributed by atoms with van der Waals surface area (Å²) in [6, 6.07) is 1.02. The molecule has 7 nitrogen and oxygen atoms in total. The first kappa shape index (κ1) is 12.3. The molecule has 1 aliphatic rings. The van der Waals surface area contributed by atoms with Crippen LogP contribution in [0.5, 0.6) is 0 Å². The number of rotatable bonds is 5. The number of carboxylic acids is 1. The van der Waals surface area contributed by atoms with Crippen LogP contribution in [0, 0.1) is 15.5 Å². The summed E-state index contributed by atoms with van der Waals surface area (Å²) in [6.45, 7) is 2.69. The minimum atomic E-state index is -1.23. The largest absolute Gasteiger partial charge is 0.478 e. The molecular weight excluding hydrogens is 238 g/mol. The average Bonchev–Trinajstić information content (AvgIpc) is 3.05. The predicted octanol–water partition coefficient (Wildman–Crippen LogP) is 1.90. The van der Waals surface area contributed by atoms with Gasteiger partial charge in [0.25, 0.3) is 0 Å². The number of nitrogens with zero attached hydrogens (tertiary/aromatic N) is 2. The van der Waals surface area contributed by atoms with Gasteiger partial charge < -0.3 is 10.4 Å². The highest BCUT2D eigenvalue weighted by Gasteiger charge is 2.37. The number of hydrogen-bond donors (Lipinski definition) is 2. The van der Waals surface area contributed by atoms with E-state index in [-0.39, 0.29) is 22.5 Å². The van der Waals surface area contributed by atoms with Gasteiger partial charge in [-0.15, -0.1) is 0 Å². The normalized spacial score (nSPS) is 16.1. The summed E-state index contributed by atoms with van der Waals surface area (Å²) < 4.78 is 0. The Morgan fingerprint density at radius 3 is 2.83 bits per heavy atom. The second kappa shape index (κ2) is 4.25. The van der Waals surface area contributed by atoms with Crippen LogP contribution >= 0.6 is 0 Å². The molecule has 1 aromatic heterocycles. The van der Waals surface area contributed by atoms with Gasteiger partial charge in [0.2, 0.25) is 5.82 Å². The second-order valence-corrected chi connectivity index (χ2v) is 4.82. The molecule has 0 unspecified atom stereocenters. The second-order valence-electron chi connectivity index (χ2n) is 4.82. The fourth-order valence-electron chi connectivity index (χ4n) is 1.53. The van der Waals surface area contributed by atoms with E-state index in [0.717, 1.165) is 25.1 Å². The SMILES string of the molecule is CC1(CNc2ncc(C(=O)O)cc2[N+](=O)[O-])CC1. The molecule has 18 heavy (non-hydrogen) atoms. The van der Waals surface area contributed by atoms with Gasteiger partial charge in [-0.3, -0.25) is 10.1 Å². The molecule has 2 rings (SSSR count). The van der Waals surface area contributed by atoms with Crippen LogP contribution in [-0.4, -0.2) is 27.5 Å². The number of aromatic carboxylic acids is 1. The number of hydrogen-bond acceptors (Lipinski definition) is 5. The van der Waals surface area contributed by atoms with Crippen molar-refractivity contribution in [1.82, 2.24) is 4.98 Å². The molecule has 1 aromatic rings. The first-order valence-corrected chi connectivity index (χ1v) is 5.53. The smallest absolute Gasteiger partial charge is 0.337 e. The van der Waals surface area contributed by atoms with E-state index in [1.165, 1.54) is 0 Å². The third-order valence-corrected chi connectivity index (χ3v) is 3.10. The van der Waals surface area contributed by atoms with Gasteiger partial charge >= 0.3 is 11.7 Å². The van der Waals surface area contributed by atoms with E-state index in [2.05, 4.69) is 17.2 Å². The maximum atomic E-state index is 10.9. The lowest BCUT2D eigenvalue weighted by molar-refractivity contribution is -0.384. The minimum absolute atomic E-state index is 0.123. The molecule has 1 heterocycles. The maximum Gasteiger partial charge on any atom is 0.337 e. The van der Waals surface area contributed by atoms with Crippen LogP contribution in [0.1, 0.15) is 30.1 Å². The number of nitrogens with one attached hydrogen (secondary N) is 1. The molecule has 0 spiro atoms. The molecule has 1 aliphatic carbocycles. The molecule has 1 saturated carbocycles. The van der Waals surface area contributed by atoms with Crippen LogP contribution < -0.4 is 5.32 Å². The summed E-state index contributed by atoms with van der Waals surface area (Å²) in [4.78, 5) is 24.8. The molecule has 0 atom stereocenters. The number of carbonyl (C=O) groups is 1. The first-order chi connectivity index (χ1) is 8.41. The van der Waals surface area contributed by atoms with Crippen molar-refractivity contribution < 1.29 is 14.8 Å². The van der Waals surface area contributed by atoms with Crippen LogP contribution in [0.2, 0.25) is 0 Å². The third kappa shape index (κ3) is 2.55. The molecule has 0 aromatic carbocycles. The Morgan fingerprint density at radius 1 is 1.67 bits per heavy atom. The zero-order chi connectivity index (χ0) is 13.3. The van der Waals surface area contributed by atoms with E-state index in [0.29, 0.717) is 6.54 Å². The molecule has 0 saturated heterocycles. The molecule has 1 fully saturated rings. The number of anilines is 1. The molecule has 96 valence electrons. The van der Waals surface area contributed by atoms with E-state index in [4.69, 9.17) is 5.11 Å². The van der Waals surface area contributed by atoms with Gasteiger partial charge in [0.1, 0.15) is 0 Å². The number of pyridine rings is 1. The standard InChI is InChI=1S/C11H13N3O4/c1-11(2-3-11)6-13-9-8(14(17)18)4-7(5-12-9)10(15)16/h4-5H,2-3,6H2,1H3,(H,12,13)(H,15,16). The van der Waals surface area contributed by atoms with Crippen LogP contribution in [-0.2, 0) is 0 Å².